The van der Waals surface area contributed by atoms with Crippen molar-refractivity contribution in [2.75, 3.05) is 13.7 Å². The van der Waals surface area contributed by atoms with Gasteiger partial charge < -0.3 is 9.47 Å². The van der Waals surface area contributed by atoms with Gasteiger partial charge in [0, 0.05) is 13.0 Å². The van der Waals surface area contributed by atoms with Crippen LogP contribution in [0.3, 0.4) is 0 Å². The molecule has 2 nitrogen and oxygen atoms in total. The van der Waals surface area contributed by atoms with E-state index < -0.39 is 0 Å². The lowest BCUT2D eigenvalue weighted by molar-refractivity contribution is -0.0425. The van der Waals surface area contributed by atoms with Crippen molar-refractivity contribution < 1.29 is 9.47 Å². The van der Waals surface area contributed by atoms with Crippen LogP contribution in [0.5, 0.6) is 0 Å². The number of hydrogen-bond donors (Lipinski definition) is 0. The van der Waals surface area contributed by atoms with E-state index in [1.807, 2.05) is 6.08 Å². The van der Waals surface area contributed by atoms with E-state index in [4.69, 9.17) is 9.47 Å². The Morgan fingerprint density at radius 2 is 1.92 bits per heavy atom. The minimum atomic E-state index is -0.0757. The van der Waals surface area contributed by atoms with Crippen molar-refractivity contribution in [3.8, 4) is 0 Å². The summed E-state index contributed by atoms with van der Waals surface area (Å²) < 4.78 is 10.9. The molecule has 0 fully saturated rings. The van der Waals surface area contributed by atoms with Gasteiger partial charge in [-0.3, -0.25) is 0 Å². The molecule has 13 heavy (non-hydrogen) atoms. The summed E-state index contributed by atoms with van der Waals surface area (Å²) in [5.41, 5.74) is -0.0757. The fourth-order valence-electron chi connectivity index (χ4n) is 1.04. The first-order valence-electron chi connectivity index (χ1n) is 4.70. The van der Waals surface area contributed by atoms with Gasteiger partial charge in [-0.25, -0.2) is 0 Å². The van der Waals surface area contributed by atoms with E-state index in [-0.39, 0.29) is 11.7 Å². The summed E-state index contributed by atoms with van der Waals surface area (Å²) in [6, 6.07) is 0. The van der Waals surface area contributed by atoms with Crippen LogP contribution < -0.4 is 0 Å². The van der Waals surface area contributed by atoms with Gasteiger partial charge in [0.1, 0.15) is 0 Å². The Morgan fingerprint density at radius 1 is 1.38 bits per heavy atom. The molecule has 0 bridgehead atoms. The van der Waals surface area contributed by atoms with Crippen LogP contribution in [-0.2, 0) is 9.47 Å². The Labute approximate surface area is 81.9 Å². The van der Waals surface area contributed by atoms with E-state index in [2.05, 4.69) is 34.3 Å². The molecule has 0 N–H and O–H groups in total. The maximum absolute atomic E-state index is 5.65. The van der Waals surface area contributed by atoms with Crippen LogP contribution in [-0.4, -0.2) is 25.4 Å². The van der Waals surface area contributed by atoms with Crippen molar-refractivity contribution in [3.63, 3.8) is 0 Å². The van der Waals surface area contributed by atoms with Crippen LogP contribution in [0.1, 0.15) is 27.7 Å². The average molecular weight is 186 g/mol. The summed E-state index contributed by atoms with van der Waals surface area (Å²) >= 11 is 0. The highest BCUT2D eigenvalue weighted by atomic mass is 16.5. The van der Waals surface area contributed by atoms with Crippen molar-refractivity contribution in [1.82, 2.24) is 0 Å². The van der Waals surface area contributed by atoms with Crippen molar-refractivity contribution >= 4 is 0 Å². The van der Waals surface area contributed by atoms with E-state index in [0.717, 1.165) is 0 Å². The van der Waals surface area contributed by atoms with Gasteiger partial charge in [0.25, 0.3) is 0 Å². The summed E-state index contributed by atoms with van der Waals surface area (Å²) in [7, 11) is 1.69. The van der Waals surface area contributed by atoms with Crippen molar-refractivity contribution in [2.45, 2.75) is 39.4 Å². The highest BCUT2D eigenvalue weighted by molar-refractivity contribution is 4.84. The third-order valence-corrected chi connectivity index (χ3v) is 1.84. The van der Waals surface area contributed by atoms with E-state index in [1.54, 1.807) is 7.11 Å². The molecule has 0 unspecified atom stereocenters. The molecule has 2 heteroatoms. The van der Waals surface area contributed by atoms with Gasteiger partial charge in [-0.1, -0.05) is 13.0 Å². The summed E-state index contributed by atoms with van der Waals surface area (Å²) in [6.45, 7) is 12.7. The molecule has 0 spiro atoms. The fourth-order valence-corrected chi connectivity index (χ4v) is 1.04. The Hall–Kier alpha value is -0.340. The second-order valence-electron chi connectivity index (χ2n) is 4.34. The van der Waals surface area contributed by atoms with Crippen LogP contribution in [0.25, 0.3) is 0 Å². The molecule has 0 aliphatic heterocycles. The summed E-state index contributed by atoms with van der Waals surface area (Å²) in [5, 5.41) is 0. The van der Waals surface area contributed by atoms with Gasteiger partial charge in [-0.2, -0.15) is 0 Å². The van der Waals surface area contributed by atoms with Crippen LogP contribution in [0.4, 0.5) is 0 Å². The van der Waals surface area contributed by atoms with Gasteiger partial charge in [0.15, 0.2) is 0 Å². The first-order chi connectivity index (χ1) is 5.90. The lowest BCUT2D eigenvalue weighted by Gasteiger charge is -2.25. The average Bonchev–Trinajstić information content (AvgIpc) is 2.02. The maximum atomic E-state index is 5.65. The number of ether oxygens (including phenoxy) is 2. The molecular formula is C11H22O2. The van der Waals surface area contributed by atoms with Crippen LogP contribution >= 0.6 is 0 Å². The summed E-state index contributed by atoms with van der Waals surface area (Å²) in [5.74, 6) is 0.349. The Balaban J connectivity index is 3.85. The van der Waals surface area contributed by atoms with E-state index in [0.29, 0.717) is 12.5 Å². The van der Waals surface area contributed by atoms with Gasteiger partial charge in [0.2, 0.25) is 0 Å². The summed E-state index contributed by atoms with van der Waals surface area (Å²) in [6.07, 6.45) is 1.90. The number of hydrogen-bond acceptors (Lipinski definition) is 2. The third-order valence-electron chi connectivity index (χ3n) is 1.84. The SMILES string of the molecule is C=C[C@@H](OC)[C@@H](C)COC(C)(C)C. The zero-order valence-electron chi connectivity index (χ0n) is 9.46. The smallest absolute Gasteiger partial charge is 0.0796 e. The van der Waals surface area contributed by atoms with E-state index in [9.17, 15) is 0 Å². The van der Waals surface area contributed by atoms with Gasteiger partial charge in [0.05, 0.1) is 18.3 Å². The number of rotatable bonds is 5. The van der Waals surface area contributed by atoms with Crippen molar-refractivity contribution in [1.29, 1.82) is 0 Å². The molecule has 0 radical (unpaired) electrons. The molecule has 0 aromatic carbocycles. The molecule has 0 saturated carbocycles. The van der Waals surface area contributed by atoms with Gasteiger partial charge >= 0.3 is 0 Å². The molecular weight excluding hydrogens is 164 g/mol. The maximum Gasteiger partial charge on any atom is 0.0796 e. The Morgan fingerprint density at radius 3 is 2.23 bits per heavy atom. The normalized spacial score (nSPS) is 16.7. The van der Waals surface area contributed by atoms with Gasteiger partial charge in [-0.05, 0) is 20.8 Å². The standard InChI is InChI=1S/C11H22O2/c1-7-10(12-6)9(2)8-13-11(3,4)5/h7,9-10H,1,8H2,2-6H3/t9-,10+/m0/s1. The highest BCUT2D eigenvalue weighted by Gasteiger charge is 2.17. The number of methoxy groups -OCH3 is 1. The molecule has 2 atom stereocenters. The van der Waals surface area contributed by atoms with E-state index in [1.165, 1.54) is 0 Å². The molecule has 0 aromatic rings. The zero-order chi connectivity index (χ0) is 10.5. The zero-order valence-corrected chi connectivity index (χ0v) is 9.46. The second-order valence-corrected chi connectivity index (χ2v) is 4.34. The second kappa shape index (κ2) is 5.40. The Bertz CT molecular complexity index is 147. The minimum absolute atomic E-state index is 0.0757. The van der Waals surface area contributed by atoms with Gasteiger partial charge in [-0.15, -0.1) is 6.58 Å². The first-order valence-corrected chi connectivity index (χ1v) is 4.70. The molecule has 0 amide bonds. The van der Waals surface area contributed by atoms with Crippen molar-refractivity contribution in [3.05, 3.63) is 12.7 Å². The lowest BCUT2D eigenvalue weighted by Crippen LogP contribution is -2.28. The Kier molecular flexibility index (Phi) is 5.26. The van der Waals surface area contributed by atoms with Crippen LogP contribution in [0.2, 0.25) is 0 Å². The highest BCUT2D eigenvalue weighted by Crippen LogP contribution is 2.13. The molecule has 0 saturated heterocycles. The largest absolute Gasteiger partial charge is 0.377 e. The topological polar surface area (TPSA) is 18.5 Å². The molecule has 0 rings (SSSR count). The third kappa shape index (κ3) is 5.83. The van der Waals surface area contributed by atoms with E-state index >= 15 is 0 Å². The van der Waals surface area contributed by atoms with Crippen LogP contribution in [0.15, 0.2) is 12.7 Å². The summed E-state index contributed by atoms with van der Waals surface area (Å²) in [4.78, 5) is 0. The fraction of sp³-hybridized carbons (Fsp3) is 0.818. The predicted molar refractivity (Wildman–Crippen MR) is 55.9 cm³/mol. The molecule has 0 aromatic heterocycles. The van der Waals surface area contributed by atoms with Crippen molar-refractivity contribution in [2.24, 2.45) is 5.92 Å². The quantitative estimate of drug-likeness (QED) is 0.614. The molecule has 0 aliphatic rings. The molecule has 0 heterocycles. The lowest BCUT2D eigenvalue weighted by atomic mass is 10.1. The molecule has 78 valence electrons. The van der Waals surface area contributed by atoms with Crippen LogP contribution in [0, 0.1) is 5.92 Å². The molecule has 0 aliphatic carbocycles. The first kappa shape index (κ1) is 12.7. The predicted octanol–water partition coefficient (Wildman–Crippen LogP) is 2.64. The minimum Gasteiger partial charge on any atom is -0.377 e. The monoisotopic (exact) mass is 186 g/mol.